The van der Waals surface area contributed by atoms with Crippen molar-refractivity contribution < 1.29 is 25.2 Å². The molecule has 0 aliphatic carbocycles. The molecule has 6 nitrogen and oxygen atoms in total. The standard InChI is InChI=1S/C26H49NO5/c1-3-5-7-9-11-13-15-17-19-23(29)25(31)22(21-28)27-26(32)24(30)20-18-16-14-12-10-8-6-4-2/h3,5,11,13,22-25,28-31H,4,6-10,12,14-21H2,1-2H3,(H,27,32)/b5-3+,13-11+. The smallest absolute Gasteiger partial charge is 0.249 e. The van der Waals surface area contributed by atoms with E-state index in [4.69, 9.17) is 0 Å². The highest BCUT2D eigenvalue weighted by atomic mass is 16.3. The highest BCUT2D eigenvalue weighted by Gasteiger charge is 2.28. The molecule has 6 heteroatoms. The van der Waals surface area contributed by atoms with Crippen molar-refractivity contribution in [2.75, 3.05) is 6.61 Å². The number of amides is 1. The predicted molar refractivity (Wildman–Crippen MR) is 131 cm³/mol. The molecule has 0 aromatic rings. The van der Waals surface area contributed by atoms with Gasteiger partial charge in [-0.3, -0.25) is 4.79 Å². The predicted octanol–water partition coefficient (Wildman–Crippen LogP) is 4.16. The van der Waals surface area contributed by atoms with E-state index in [1.54, 1.807) is 0 Å². The van der Waals surface area contributed by atoms with Gasteiger partial charge >= 0.3 is 0 Å². The van der Waals surface area contributed by atoms with Gasteiger partial charge in [-0.25, -0.2) is 0 Å². The Morgan fingerprint density at radius 2 is 1.41 bits per heavy atom. The Hall–Kier alpha value is -1.21. The van der Waals surface area contributed by atoms with Gasteiger partial charge in [0.2, 0.25) is 5.91 Å². The summed E-state index contributed by atoms with van der Waals surface area (Å²) in [6.07, 6.45) is 18.1. The molecule has 0 saturated carbocycles. The minimum absolute atomic E-state index is 0.359. The van der Waals surface area contributed by atoms with Crippen LogP contribution in [0.5, 0.6) is 0 Å². The van der Waals surface area contributed by atoms with E-state index >= 15 is 0 Å². The Kier molecular flexibility index (Phi) is 20.8. The Bertz CT molecular complexity index is 495. The fourth-order valence-electron chi connectivity index (χ4n) is 3.60. The van der Waals surface area contributed by atoms with Crippen LogP contribution in [0.1, 0.15) is 104 Å². The van der Waals surface area contributed by atoms with Crippen LogP contribution < -0.4 is 5.32 Å². The lowest BCUT2D eigenvalue weighted by atomic mass is 10.00. The Morgan fingerprint density at radius 3 is 2.03 bits per heavy atom. The normalized spacial score (nSPS) is 15.8. The SMILES string of the molecule is C/C=C/CC/C=C/CCCC(O)C(O)C(CO)NC(=O)C(O)CCCCCCCCCC. The summed E-state index contributed by atoms with van der Waals surface area (Å²) < 4.78 is 0. The van der Waals surface area contributed by atoms with Gasteiger partial charge in [0.15, 0.2) is 0 Å². The average molecular weight is 456 g/mol. The van der Waals surface area contributed by atoms with Gasteiger partial charge in [-0.1, -0.05) is 82.6 Å². The van der Waals surface area contributed by atoms with Crippen LogP contribution in [-0.4, -0.2) is 57.3 Å². The van der Waals surface area contributed by atoms with Crippen LogP contribution in [-0.2, 0) is 4.79 Å². The van der Waals surface area contributed by atoms with E-state index in [2.05, 4.69) is 30.5 Å². The maximum atomic E-state index is 12.2. The number of allylic oxidation sites excluding steroid dienone is 4. The van der Waals surface area contributed by atoms with E-state index in [1.165, 1.54) is 32.1 Å². The highest BCUT2D eigenvalue weighted by molar-refractivity contribution is 5.80. The zero-order chi connectivity index (χ0) is 24.0. The number of nitrogens with one attached hydrogen (secondary N) is 1. The minimum Gasteiger partial charge on any atom is -0.394 e. The van der Waals surface area contributed by atoms with Crippen molar-refractivity contribution >= 4 is 5.91 Å². The maximum Gasteiger partial charge on any atom is 0.249 e. The number of aliphatic hydroxyl groups is 4. The zero-order valence-electron chi connectivity index (χ0n) is 20.4. The molecule has 0 aliphatic rings. The first-order valence-electron chi connectivity index (χ1n) is 12.7. The van der Waals surface area contributed by atoms with Crippen molar-refractivity contribution in [3.63, 3.8) is 0 Å². The van der Waals surface area contributed by atoms with Crippen LogP contribution in [0.25, 0.3) is 0 Å². The molecule has 0 aliphatic heterocycles. The van der Waals surface area contributed by atoms with E-state index in [0.717, 1.165) is 38.5 Å². The van der Waals surface area contributed by atoms with E-state index < -0.39 is 36.9 Å². The number of unbranched alkanes of at least 4 members (excludes halogenated alkanes) is 9. The van der Waals surface area contributed by atoms with Crippen molar-refractivity contribution in [3.8, 4) is 0 Å². The summed E-state index contributed by atoms with van der Waals surface area (Å²) >= 11 is 0. The summed E-state index contributed by atoms with van der Waals surface area (Å²) in [5.41, 5.74) is 0. The fraction of sp³-hybridized carbons (Fsp3) is 0.808. The molecule has 0 aromatic heterocycles. The zero-order valence-corrected chi connectivity index (χ0v) is 20.4. The molecule has 0 radical (unpaired) electrons. The maximum absolute atomic E-state index is 12.2. The van der Waals surface area contributed by atoms with E-state index in [-0.39, 0.29) is 0 Å². The van der Waals surface area contributed by atoms with Crippen molar-refractivity contribution in [2.45, 2.75) is 128 Å². The van der Waals surface area contributed by atoms with Crippen LogP contribution in [0.15, 0.2) is 24.3 Å². The average Bonchev–Trinajstić information content (AvgIpc) is 2.79. The molecule has 0 saturated heterocycles. The molecule has 0 bridgehead atoms. The van der Waals surface area contributed by atoms with Crippen LogP contribution in [0.2, 0.25) is 0 Å². The van der Waals surface area contributed by atoms with Crippen molar-refractivity contribution in [1.29, 1.82) is 0 Å². The van der Waals surface area contributed by atoms with Gasteiger partial charge in [0.25, 0.3) is 0 Å². The highest BCUT2D eigenvalue weighted by Crippen LogP contribution is 2.12. The molecule has 0 heterocycles. The van der Waals surface area contributed by atoms with E-state index in [9.17, 15) is 25.2 Å². The van der Waals surface area contributed by atoms with Crippen molar-refractivity contribution in [1.82, 2.24) is 5.32 Å². The number of carbonyl (C=O) groups excluding carboxylic acids is 1. The van der Waals surface area contributed by atoms with Gasteiger partial charge in [0.1, 0.15) is 12.2 Å². The molecule has 4 atom stereocenters. The largest absolute Gasteiger partial charge is 0.394 e. The lowest BCUT2D eigenvalue weighted by Crippen LogP contribution is -2.53. The fourth-order valence-corrected chi connectivity index (χ4v) is 3.60. The second-order valence-corrected chi connectivity index (χ2v) is 8.68. The second kappa shape index (κ2) is 21.6. The lowest BCUT2D eigenvalue weighted by molar-refractivity contribution is -0.132. The van der Waals surface area contributed by atoms with Crippen LogP contribution in [0, 0.1) is 0 Å². The minimum atomic E-state index is -1.28. The van der Waals surface area contributed by atoms with Crippen LogP contribution in [0.4, 0.5) is 0 Å². The third-order valence-corrected chi connectivity index (χ3v) is 5.74. The summed E-state index contributed by atoms with van der Waals surface area (Å²) in [6, 6.07) is -0.998. The summed E-state index contributed by atoms with van der Waals surface area (Å²) in [5.74, 6) is -0.609. The van der Waals surface area contributed by atoms with Gasteiger partial charge in [0.05, 0.1) is 18.8 Å². The first-order chi connectivity index (χ1) is 15.5. The molecule has 4 unspecified atom stereocenters. The van der Waals surface area contributed by atoms with Gasteiger partial charge in [0, 0.05) is 0 Å². The first-order valence-corrected chi connectivity index (χ1v) is 12.7. The molecule has 0 rings (SSSR count). The number of aliphatic hydroxyl groups excluding tert-OH is 4. The molecular formula is C26H49NO5. The summed E-state index contributed by atoms with van der Waals surface area (Å²) in [5, 5.41) is 42.6. The molecule has 0 fully saturated rings. The Morgan fingerprint density at radius 1 is 0.812 bits per heavy atom. The quantitative estimate of drug-likeness (QED) is 0.132. The van der Waals surface area contributed by atoms with Crippen LogP contribution >= 0.6 is 0 Å². The number of hydrogen-bond acceptors (Lipinski definition) is 5. The monoisotopic (exact) mass is 455 g/mol. The summed E-state index contributed by atoms with van der Waals surface area (Å²) in [4.78, 5) is 12.2. The summed E-state index contributed by atoms with van der Waals surface area (Å²) in [6.45, 7) is 3.69. The van der Waals surface area contributed by atoms with Crippen LogP contribution in [0.3, 0.4) is 0 Å². The van der Waals surface area contributed by atoms with Gasteiger partial charge in [-0.2, -0.15) is 0 Å². The molecule has 1 amide bonds. The third-order valence-electron chi connectivity index (χ3n) is 5.74. The Balaban J connectivity index is 4.09. The van der Waals surface area contributed by atoms with E-state index in [1.807, 2.05) is 13.0 Å². The molecule has 0 spiro atoms. The molecular weight excluding hydrogens is 406 g/mol. The molecule has 0 aromatic carbocycles. The molecule has 5 N–H and O–H groups in total. The lowest BCUT2D eigenvalue weighted by Gasteiger charge is -2.27. The Labute approximate surface area is 195 Å². The number of rotatable bonds is 21. The van der Waals surface area contributed by atoms with Gasteiger partial charge in [-0.15, -0.1) is 0 Å². The molecule has 188 valence electrons. The number of hydrogen-bond donors (Lipinski definition) is 5. The van der Waals surface area contributed by atoms with Crippen molar-refractivity contribution in [2.24, 2.45) is 0 Å². The third kappa shape index (κ3) is 16.4. The summed E-state index contributed by atoms with van der Waals surface area (Å²) in [7, 11) is 0. The second-order valence-electron chi connectivity index (χ2n) is 8.68. The molecule has 32 heavy (non-hydrogen) atoms. The number of carbonyl (C=O) groups is 1. The first kappa shape index (κ1) is 30.8. The van der Waals surface area contributed by atoms with E-state index in [0.29, 0.717) is 19.3 Å². The topological polar surface area (TPSA) is 110 Å². The van der Waals surface area contributed by atoms with Gasteiger partial charge < -0.3 is 25.7 Å². The van der Waals surface area contributed by atoms with Gasteiger partial charge in [-0.05, 0) is 45.4 Å². The van der Waals surface area contributed by atoms with Crippen molar-refractivity contribution in [3.05, 3.63) is 24.3 Å².